The van der Waals surface area contributed by atoms with E-state index in [9.17, 15) is 9.50 Å². The first-order chi connectivity index (χ1) is 7.74. The molecule has 1 aromatic carbocycles. The number of rotatable bonds is 3. The van der Waals surface area contributed by atoms with Crippen LogP contribution >= 0.6 is 0 Å². The van der Waals surface area contributed by atoms with Crippen molar-refractivity contribution in [2.45, 2.75) is 44.6 Å². The number of hydrogen-bond donors (Lipinski definition) is 1. The molecule has 1 N–H and O–H groups in total. The van der Waals surface area contributed by atoms with E-state index in [0.29, 0.717) is 5.92 Å². The van der Waals surface area contributed by atoms with Gasteiger partial charge in [0.1, 0.15) is 5.82 Å². The van der Waals surface area contributed by atoms with Crippen molar-refractivity contribution in [3.8, 4) is 0 Å². The van der Waals surface area contributed by atoms with Crippen LogP contribution < -0.4 is 0 Å². The number of aliphatic hydroxyl groups excluding tert-OH is 1. The molecule has 0 atom stereocenters. The van der Waals surface area contributed by atoms with Crippen molar-refractivity contribution in [1.82, 2.24) is 0 Å². The highest BCUT2D eigenvalue weighted by atomic mass is 19.1. The fourth-order valence-electron chi connectivity index (χ4n) is 2.50. The Morgan fingerprint density at radius 1 is 1.19 bits per heavy atom. The molecular weight excluding hydrogens is 203 g/mol. The van der Waals surface area contributed by atoms with Crippen LogP contribution in [0.15, 0.2) is 24.3 Å². The van der Waals surface area contributed by atoms with Crippen LogP contribution in [0.3, 0.4) is 0 Å². The third-order valence-corrected chi connectivity index (χ3v) is 3.55. The lowest BCUT2D eigenvalue weighted by atomic mass is 9.84. The largest absolute Gasteiger partial charge is 0.393 e. The van der Waals surface area contributed by atoms with E-state index >= 15 is 0 Å². The molecule has 1 saturated carbocycles. The third kappa shape index (κ3) is 3.31. The molecule has 0 aromatic heterocycles. The van der Waals surface area contributed by atoms with Gasteiger partial charge in [0.05, 0.1) is 6.10 Å². The van der Waals surface area contributed by atoms with Crippen molar-refractivity contribution in [2.75, 3.05) is 0 Å². The first kappa shape index (κ1) is 11.6. The summed E-state index contributed by atoms with van der Waals surface area (Å²) in [5.41, 5.74) is 1.09. The average Bonchev–Trinajstić information content (AvgIpc) is 2.28. The molecule has 0 bridgehead atoms. The molecule has 2 rings (SSSR count). The van der Waals surface area contributed by atoms with Gasteiger partial charge >= 0.3 is 0 Å². The monoisotopic (exact) mass is 222 g/mol. The average molecular weight is 222 g/mol. The van der Waals surface area contributed by atoms with E-state index in [1.165, 1.54) is 6.07 Å². The van der Waals surface area contributed by atoms with Crippen molar-refractivity contribution in [1.29, 1.82) is 0 Å². The number of benzene rings is 1. The van der Waals surface area contributed by atoms with Gasteiger partial charge in [-0.15, -0.1) is 0 Å². The number of hydrogen-bond acceptors (Lipinski definition) is 1. The molecule has 0 unspecified atom stereocenters. The lowest BCUT2D eigenvalue weighted by Gasteiger charge is -2.25. The second kappa shape index (κ2) is 5.44. The van der Waals surface area contributed by atoms with Crippen LogP contribution in [0.2, 0.25) is 0 Å². The van der Waals surface area contributed by atoms with Crippen LogP contribution in [0.1, 0.15) is 37.7 Å². The standard InChI is InChI=1S/C14H19FO/c15-13-3-1-2-12(10-13)5-4-11-6-8-14(16)9-7-11/h1-3,10-11,14,16H,4-9H2. The van der Waals surface area contributed by atoms with Gasteiger partial charge in [-0.05, 0) is 62.1 Å². The quantitative estimate of drug-likeness (QED) is 0.832. The smallest absolute Gasteiger partial charge is 0.123 e. The summed E-state index contributed by atoms with van der Waals surface area (Å²) >= 11 is 0. The fourth-order valence-corrected chi connectivity index (χ4v) is 2.50. The topological polar surface area (TPSA) is 20.2 Å². The Morgan fingerprint density at radius 3 is 2.62 bits per heavy atom. The summed E-state index contributed by atoms with van der Waals surface area (Å²) in [6, 6.07) is 6.87. The molecule has 1 aliphatic carbocycles. The zero-order chi connectivity index (χ0) is 11.4. The lowest BCUT2D eigenvalue weighted by molar-refractivity contribution is 0.106. The van der Waals surface area contributed by atoms with Gasteiger partial charge in [-0.2, -0.15) is 0 Å². The van der Waals surface area contributed by atoms with Gasteiger partial charge < -0.3 is 5.11 Å². The van der Waals surface area contributed by atoms with Gasteiger partial charge in [0, 0.05) is 0 Å². The first-order valence-electron chi connectivity index (χ1n) is 6.16. The molecule has 0 radical (unpaired) electrons. The summed E-state index contributed by atoms with van der Waals surface area (Å²) < 4.78 is 13.0. The van der Waals surface area contributed by atoms with Crippen molar-refractivity contribution >= 4 is 0 Å². The summed E-state index contributed by atoms with van der Waals surface area (Å²) in [6.07, 6.45) is 6.12. The highest BCUT2D eigenvalue weighted by molar-refractivity contribution is 5.16. The van der Waals surface area contributed by atoms with Gasteiger partial charge in [0.2, 0.25) is 0 Å². The van der Waals surface area contributed by atoms with Crippen LogP contribution in [-0.2, 0) is 6.42 Å². The predicted octanol–water partition coefficient (Wildman–Crippen LogP) is 3.31. The normalized spacial score (nSPS) is 25.6. The Bertz CT molecular complexity index is 329. The molecule has 1 aliphatic rings. The molecule has 0 saturated heterocycles. The number of aryl methyl sites for hydroxylation is 1. The maximum Gasteiger partial charge on any atom is 0.123 e. The maximum atomic E-state index is 13.0. The Balaban J connectivity index is 1.79. The molecule has 16 heavy (non-hydrogen) atoms. The van der Waals surface area contributed by atoms with Gasteiger partial charge in [0.15, 0.2) is 0 Å². The highest BCUT2D eigenvalue weighted by Crippen LogP contribution is 2.27. The van der Waals surface area contributed by atoms with Crippen molar-refractivity contribution in [2.24, 2.45) is 5.92 Å². The summed E-state index contributed by atoms with van der Waals surface area (Å²) in [7, 11) is 0. The highest BCUT2D eigenvalue weighted by Gasteiger charge is 2.18. The third-order valence-electron chi connectivity index (χ3n) is 3.55. The van der Waals surface area contributed by atoms with Crippen molar-refractivity contribution in [3.63, 3.8) is 0 Å². The molecular formula is C14H19FO. The van der Waals surface area contributed by atoms with Crippen LogP contribution in [0.4, 0.5) is 4.39 Å². The van der Waals surface area contributed by atoms with Crippen LogP contribution in [0.25, 0.3) is 0 Å². The van der Waals surface area contributed by atoms with Crippen molar-refractivity contribution < 1.29 is 9.50 Å². The molecule has 1 fully saturated rings. The molecule has 1 nitrogen and oxygen atoms in total. The van der Waals surface area contributed by atoms with Crippen LogP contribution in [-0.4, -0.2) is 11.2 Å². The first-order valence-corrected chi connectivity index (χ1v) is 6.16. The Morgan fingerprint density at radius 2 is 1.94 bits per heavy atom. The molecule has 88 valence electrons. The predicted molar refractivity (Wildman–Crippen MR) is 62.7 cm³/mol. The second-order valence-corrected chi connectivity index (χ2v) is 4.84. The Kier molecular flexibility index (Phi) is 3.94. The summed E-state index contributed by atoms with van der Waals surface area (Å²) in [5.74, 6) is 0.572. The van der Waals surface area contributed by atoms with Gasteiger partial charge in [-0.1, -0.05) is 12.1 Å². The van der Waals surface area contributed by atoms with E-state index in [1.807, 2.05) is 6.07 Å². The number of aliphatic hydroxyl groups is 1. The Labute approximate surface area is 96.3 Å². The SMILES string of the molecule is OC1CCC(CCc2cccc(F)c2)CC1. The Hall–Kier alpha value is -0.890. The zero-order valence-corrected chi connectivity index (χ0v) is 9.53. The van der Waals surface area contributed by atoms with Crippen LogP contribution in [0.5, 0.6) is 0 Å². The van der Waals surface area contributed by atoms with Crippen molar-refractivity contribution in [3.05, 3.63) is 35.6 Å². The molecule has 0 aliphatic heterocycles. The van der Waals surface area contributed by atoms with Crippen LogP contribution in [0, 0.1) is 11.7 Å². The van der Waals surface area contributed by atoms with E-state index in [-0.39, 0.29) is 11.9 Å². The summed E-state index contributed by atoms with van der Waals surface area (Å²) in [5, 5.41) is 9.40. The van der Waals surface area contributed by atoms with Gasteiger partial charge in [-0.3, -0.25) is 0 Å². The van der Waals surface area contributed by atoms with E-state index in [0.717, 1.165) is 44.1 Å². The fraction of sp³-hybridized carbons (Fsp3) is 0.571. The molecule has 0 heterocycles. The van der Waals surface area contributed by atoms with E-state index in [2.05, 4.69) is 0 Å². The van der Waals surface area contributed by atoms with E-state index < -0.39 is 0 Å². The second-order valence-electron chi connectivity index (χ2n) is 4.84. The van der Waals surface area contributed by atoms with E-state index in [1.54, 1.807) is 12.1 Å². The minimum atomic E-state index is -0.142. The summed E-state index contributed by atoms with van der Waals surface area (Å²) in [6.45, 7) is 0. The molecule has 1 aromatic rings. The minimum Gasteiger partial charge on any atom is -0.393 e. The number of halogens is 1. The molecule has 0 amide bonds. The van der Waals surface area contributed by atoms with E-state index in [4.69, 9.17) is 0 Å². The van der Waals surface area contributed by atoms with Gasteiger partial charge in [0.25, 0.3) is 0 Å². The van der Waals surface area contributed by atoms with Gasteiger partial charge in [-0.25, -0.2) is 4.39 Å². The minimum absolute atomic E-state index is 0.0783. The molecule has 0 spiro atoms. The zero-order valence-electron chi connectivity index (χ0n) is 9.53. The molecule has 2 heteroatoms. The maximum absolute atomic E-state index is 13.0. The summed E-state index contributed by atoms with van der Waals surface area (Å²) in [4.78, 5) is 0. The lowest BCUT2D eigenvalue weighted by Crippen LogP contribution is -2.18.